The first kappa shape index (κ1) is 8.72. The van der Waals surface area contributed by atoms with Gasteiger partial charge >= 0.3 is 0 Å². The van der Waals surface area contributed by atoms with Gasteiger partial charge in [-0.1, -0.05) is 0 Å². The number of hydrogen-bond acceptors (Lipinski definition) is 3. The van der Waals surface area contributed by atoms with Gasteiger partial charge in [0.1, 0.15) is 0 Å². The van der Waals surface area contributed by atoms with Gasteiger partial charge in [-0.2, -0.15) is 0 Å². The van der Waals surface area contributed by atoms with Crippen LogP contribution in [-0.2, 0) is 13.0 Å². The van der Waals surface area contributed by atoms with Crippen LogP contribution in [0.5, 0.6) is 0 Å². The summed E-state index contributed by atoms with van der Waals surface area (Å²) in [4.78, 5) is 13.4. The van der Waals surface area contributed by atoms with E-state index >= 15 is 0 Å². The third kappa shape index (κ3) is 1.59. The van der Waals surface area contributed by atoms with E-state index in [4.69, 9.17) is 5.11 Å². The van der Waals surface area contributed by atoms with Crippen molar-refractivity contribution >= 4 is 17.2 Å². The van der Waals surface area contributed by atoms with E-state index in [0.29, 0.717) is 0 Å². The third-order valence-corrected chi connectivity index (χ3v) is 3.31. The Hall–Kier alpha value is -0.870. The Kier molecular flexibility index (Phi) is 2.33. The molecule has 0 aliphatic carbocycles. The molecule has 0 saturated carbocycles. The summed E-state index contributed by atoms with van der Waals surface area (Å²) in [6.45, 7) is 0.791. The van der Waals surface area contributed by atoms with Gasteiger partial charge in [-0.05, 0) is 18.9 Å². The van der Waals surface area contributed by atoms with E-state index in [1.54, 1.807) is 17.4 Å². The maximum Gasteiger partial charge on any atom is 0.252 e. The molecule has 1 aliphatic heterocycles. The van der Waals surface area contributed by atoms with Crippen molar-refractivity contribution in [1.29, 1.82) is 0 Å². The van der Waals surface area contributed by atoms with Crippen LogP contribution in [0.2, 0.25) is 0 Å². The number of carbonyl (C=O) groups excluding carboxylic acids is 1. The van der Waals surface area contributed by atoms with Gasteiger partial charge in [0, 0.05) is 16.3 Å². The summed E-state index contributed by atoms with van der Waals surface area (Å²) in [5.74, 6) is 0.00319. The van der Waals surface area contributed by atoms with Crippen LogP contribution >= 0.6 is 11.3 Å². The van der Waals surface area contributed by atoms with E-state index < -0.39 is 0 Å². The van der Waals surface area contributed by atoms with Crippen molar-refractivity contribution < 1.29 is 9.90 Å². The molecule has 0 atom stereocenters. The summed E-state index contributed by atoms with van der Waals surface area (Å²) < 4.78 is 0. The summed E-state index contributed by atoms with van der Waals surface area (Å²) in [5.41, 5.74) is 0.756. The fourth-order valence-corrected chi connectivity index (χ4v) is 2.55. The van der Waals surface area contributed by atoms with Gasteiger partial charge in [0.05, 0.1) is 12.2 Å². The molecule has 1 aromatic heterocycles. The molecule has 0 aromatic carbocycles. The summed E-state index contributed by atoms with van der Waals surface area (Å²) in [6.07, 6.45) is 1.93. The van der Waals surface area contributed by atoms with E-state index in [2.05, 4.69) is 5.32 Å². The average molecular weight is 197 g/mol. The molecule has 1 amide bonds. The maximum absolute atomic E-state index is 11.4. The molecule has 2 heterocycles. The quantitative estimate of drug-likeness (QED) is 0.703. The van der Waals surface area contributed by atoms with Gasteiger partial charge in [-0.15, -0.1) is 11.3 Å². The van der Waals surface area contributed by atoms with Gasteiger partial charge in [-0.25, -0.2) is 0 Å². The summed E-state index contributed by atoms with van der Waals surface area (Å²) in [6, 6.07) is 1.79. The second kappa shape index (κ2) is 3.47. The normalized spacial score (nSPS) is 16.2. The molecule has 70 valence electrons. The molecule has 2 N–H and O–H groups in total. The molecular weight excluding hydrogens is 186 g/mol. The highest BCUT2D eigenvalue weighted by molar-refractivity contribution is 7.12. The molecule has 0 bridgehead atoms. The molecule has 0 saturated heterocycles. The van der Waals surface area contributed by atoms with Crippen molar-refractivity contribution in [3.8, 4) is 0 Å². The van der Waals surface area contributed by atoms with Crippen LogP contribution in [-0.4, -0.2) is 17.6 Å². The molecule has 13 heavy (non-hydrogen) atoms. The van der Waals surface area contributed by atoms with E-state index in [1.807, 2.05) is 0 Å². The number of carbonyl (C=O) groups is 1. The van der Waals surface area contributed by atoms with E-state index in [-0.39, 0.29) is 12.5 Å². The molecule has 0 spiro atoms. The van der Waals surface area contributed by atoms with Gasteiger partial charge < -0.3 is 10.4 Å². The third-order valence-electron chi connectivity index (χ3n) is 2.13. The average Bonchev–Trinajstić information content (AvgIpc) is 2.48. The minimum Gasteiger partial charge on any atom is -0.391 e. The van der Waals surface area contributed by atoms with E-state index in [1.165, 1.54) is 0 Å². The Morgan fingerprint density at radius 3 is 3.23 bits per heavy atom. The predicted octanol–water partition coefficient (Wildman–Crippen LogP) is 0.916. The lowest BCUT2D eigenvalue weighted by molar-refractivity contribution is 0.0956. The zero-order chi connectivity index (χ0) is 9.26. The Balaban J connectivity index is 2.39. The Morgan fingerprint density at radius 1 is 1.62 bits per heavy atom. The second-order valence-electron chi connectivity index (χ2n) is 3.07. The lowest BCUT2D eigenvalue weighted by atomic mass is 10.2. The molecule has 1 aromatic rings. The molecular formula is C9H11NO2S. The summed E-state index contributed by atoms with van der Waals surface area (Å²) >= 11 is 1.54. The number of fused-ring (bicyclic) bond motifs is 1. The van der Waals surface area contributed by atoms with Crippen molar-refractivity contribution in [3.05, 3.63) is 21.4 Å². The zero-order valence-electron chi connectivity index (χ0n) is 7.17. The second-order valence-corrected chi connectivity index (χ2v) is 4.29. The van der Waals surface area contributed by atoms with Crippen molar-refractivity contribution in [2.75, 3.05) is 6.54 Å². The molecule has 2 rings (SSSR count). The predicted molar refractivity (Wildman–Crippen MR) is 50.9 cm³/mol. The zero-order valence-corrected chi connectivity index (χ0v) is 7.99. The summed E-state index contributed by atoms with van der Waals surface area (Å²) in [5, 5.41) is 11.7. The van der Waals surface area contributed by atoms with Crippen LogP contribution in [0.4, 0.5) is 0 Å². The van der Waals surface area contributed by atoms with Crippen LogP contribution < -0.4 is 5.32 Å². The number of hydrogen-bond donors (Lipinski definition) is 2. The van der Waals surface area contributed by atoms with E-state index in [9.17, 15) is 4.79 Å². The number of aliphatic hydroxyl groups is 1. The monoisotopic (exact) mass is 197 g/mol. The van der Waals surface area contributed by atoms with E-state index in [0.717, 1.165) is 34.7 Å². The highest BCUT2D eigenvalue weighted by Crippen LogP contribution is 2.25. The highest BCUT2D eigenvalue weighted by Gasteiger charge is 2.17. The van der Waals surface area contributed by atoms with Gasteiger partial charge in [-0.3, -0.25) is 4.79 Å². The van der Waals surface area contributed by atoms with Gasteiger partial charge in [0.2, 0.25) is 0 Å². The number of amides is 1. The Labute approximate surface area is 80.4 Å². The SMILES string of the molecule is O=C1NCCCc2sc(CO)cc21. The fourth-order valence-electron chi connectivity index (χ4n) is 1.49. The van der Waals surface area contributed by atoms with Crippen molar-refractivity contribution in [2.45, 2.75) is 19.4 Å². The van der Waals surface area contributed by atoms with Crippen molar-refractivity contribution in [3.63, 3.8) is 0 Å². The number of aliphatic hydroxyl groups excluding tert-OH is 1. The first-order valence-corrected chi connectivity index (χ1v) is 5.13. The van der Waals surface area contributed by atoms with Crippen LogP contribution in [0.3, 0.4) is 0 Å². The molecule has 0 fully saturated rings. The first-order chi connectivity index (χ1) is 6.31. The lowest BCUT2D eigenvalue weighted by Gasteiger charge is -1.96. The van der Waals surface area contributed by atoms with Gasteiger partial charge in [0.15, 0.2) is 0 Å². The molecule has 0 radical (unpaired) electrons. The molecule has 4 heteroatoms. The molecule has 1 aliphatic rings. The maximum atomic E-state index is 11.4. The van der Waals surface area contributed by atoms with Crippen LogP contribution in [0.1, 0.15) is 26.5 Å². The minimum absolute atomic E-state index is 0.00319. The lowest BCUT2D eigenvalue weighted by Crippen LogP contribution is -2.22. The van der Waals surface area contributed by atoms with Crippen LogP contribution in [0.15, 0.2) is 6.07 Å². The Bertz CT molecular complexity index is 332. The van der Waals surface area contributed by atoms with Crippen molar-refractivity contribution in [1.82, 2.24) is 5.32 Å². The fraction of sp³-hybridized carbons (Fsp3) is 0.444. The van der Waals surface area contributed by atoms with Gasteiger partial charge in [0.25, 0.3) is 5.91 Å². The number of nitrogens with one attached hydrogen (secondary N) is 1. The topological polar surface area (TPSA) is 49.3 Å². The van der Waals surface area contributed by atoms with Crippen LogP contribution in [0.25, 0.3) is 0 Å². The standard InChI is InChI=1S/C9H11NO2S/c11-5-6-4-7-8(13-6)2-1-3-10-9(7)12/h4,11H,1-3,5H2,(H,10,12). The molecule has 3 nitrogen and oxygen atoms in total. The number of thiophene rings is 1. The molecule has 0 unspecified atom stereocenters. The Morgan fingerprint density at radius 2 is 2.46 bits per heavy atom. The highest BCUT2D eigenvalue weighted by atomic mass is 32.1. The number of rotatable bonds is 1. The number of aryl methyl sites for hydroxylation is 1. The summed E-state index contributed by atoms with van der Waals surface area (Å²) in [7, 11) is 0. The first-order valence-electron chi connectivity index (χ1n) is 4.32. The smallest absolute Gasteiger partial charge is 0.252 e. The van der Waals surface area contributed by atoms with Crippen LogP contribution in [0, 0.1) is 0 Å². The minimum atomic E-state index is 0.00319. The largest absolute Gasteiger partial charge is 0.391 e. The van der Waals surface area contributed by atoms with Crippen molar-refractivity contribution in [2.24, 2.45) is 0 Å².